The van der Waals surface area contributed by atoms with E-state index in [1.54, 1.807) is 24.3 Å². The van der Waals surface area contributed by atoms with Gasteiger partial charge in [0.25, 0.3) is 0 Å². The first-order valence-electron chi connectivity index (χ1n) is 5.53. The Morgan fingerprint density at radius 1 is 1.53 bits per heavy atom. The van der Waals surface area contributed by atoms with Gasteiger partial charge in [-0.1, -0.05) is 12.1 Å². The quantitative estimate of drug-likeness (QED) is 0.788. The summed E-state index contributed by atoms with van der Waals surface area (Å²) in [6.45, 7) is 1.14. The van der Waals surface area contributed by atoms with Gasteiger partial charge in [0.15, 0.2) is 5.78 Å². The molecule has 0 bridgehead atoms. The molecular weight excluding hydrogens is 218 g/mol. The molecule has 0 saturated carbocycles. The van der Waals surface area contributed by atoms with Crippen molar-refractivity contribution in [3.63, 3.8) is 0 Å². The van der Waals surface area contributed by atoms with Gasteiger partial charge in [-0.25, -0.2) is 0 Å². The van der Waals surface area contributed by atoms with Crippen molar-refractivity contribution in [2.75, 3.05) is 19.8 Å². The number of benzene rings is 1. The number of nitrogens with zero attached hydrogens (tertiary/aromatic N) is 1. The molecule has 1 aliphatic rings. The maximum atomic E-state index is 11.7. The lowest BCUT2D eigenvalue weighted by atomic mass is 10.0. The van der Waals surface area contributed by atoms with Crippen LogP contribution in [0.4, 0.5) is 0 Å². The van der Waals surface area contributed by atoms with Crippen molar-refractivity contribution >= 4 is 5.78 Å². The Kier molecular flexibility index (Phi) is 3.73. The van der Waals surface area contributed by atoms with E-state index >= 15 is 0 Å². The van der Waals surface area contributed by atoms with E-state index in [4.69, 9.17) is 14.7 Å². The number of carbonyl (C=O) groups is 1. The molecule has 2 rings (SSSR count). The van der Waals surface area contributed by atoms with Crippen LogP contribution in [0, 0.1) is 17.2 Å². The molecule has 1 unspecified atom stereocenters. The van der Waals surface area contributed by atoms with Gasteiger partial charge in [-0.15, -0.1) is 0 Å². The van der Waals surface area contributed by atoms with Crippen molar-refractivity contribution < 1.29 is 14.3 Å². The first kappa shape index (κ1) is 11.6. The van der Waals surface area contributed by atoms with E-state index in [1.165, 1.54) is 0 Å². The van der Waals surface area contributed by atoms with Crippen LogP contribution in [-0.4, -0.2) is 25.6 Å². The SMILES string of the molecule is N#Cc1ccccc1OCC(=O)C1CCOC1. The Hall–Kier alpha value is -1.86. The number of para-hydroxylation sites is 1. The fourth-order valence-corrected chi connectivity index (χ4v) is 1.74. The van der Waals surface area contributed by atoms with Gasteiger partial charge in [0.05, 0.1) is 12.2 Å². The van der Waals surface area contributed by atoms with E-state index in [0.717, 1.165) is 6.42 Å². The molecule has 0 N–H and O–H groups in total. The molecular formula is C13H13NO3. The number of Topliss-reactive ketones (excluding diaryl/α,β-unsaturated/α-hetero) is 1. The Balaban J connectivity index is 1.93. The van der Waals surface area contributed by atoms with Crippen LogP contribution < -0.4 is 4.74 Å². The summed E-state index contributed by atoms with van der Waals surface area (Å²) in [6, 6.07) is 8.92. The van der Waals surface area contributed by atoms with Crippen LogP contribution >= 0.6 is 0 Å². The van der Waals surface area contributed by atoms with Crippen LogP contribution in [0.2, 0.25) is 0 Å². The number of hydrogen-bond acceptors (Lipinski definition) is 4. The number of rotatable bonds is 4. The third-order valence-corrected chi connectivity index (χ3v) is 2.76. The lowest BCUT2D eigenvalue weighted by molar-refractivity contribution is -0.124. The predicted molar refractivity (Wildman–Crippen MR) is 60.6 cm³/mol. The topological polar surface area (TPSA) is 59.3 Å². The van der Waals surface area contributed by atoms with Crippen LogP contribution in [0.25, 0.3) is 0 Å². The Labute approximate surface area is 99.8 Å². The second kappa shape index (κ2) is 5.46. The maximum Gasteiger partial charge on any atom is 0.175 e. The molecule has 4 heteroatoms. The highest BCUT2D eigenvalue weighted by Crippen LogP contribution is 2.18. The zero-order chi connectivity index (χ0) is 12.1. The summed E-state index contributed by atoms with van der Waals surface area (Å²) in [5.74, 6) is 0.446. The van der Waals surface area contributed by atoms with Crippen molar-refractivity contribution in [3.05, 3.63) is 29.8 Å². The van der Waals surface area contributed by atoms with Crippen molar-refractivity contribution in [1.82, 2.24) is 0 Å². The zero-order valence-electron chi connectivity index (χ0n) is 9.39. The predicted octanol–water partition coefficient (Wildman–Crippen LogP) is 1.54. The van der Waals surface area contributed by atoms with Crippen molar-refractivity contribution in [1.29, 1.82) is 5.26 Å². The van der Waals surface area contributed by atoms with Crippen LogP contribution in [0.15, 0.2) is 24.3 Å². The van der Waals surface area contributed by atoms with Gasteiger partial charge in [-0.3, -0.25) is 4.79 Å². The number of ether oxygens (including phenoxy) is 2. The molecule has 0 amide bonds. The third-order valence-electron chi connectivity index (χ3n) is 2.76. The average Bonchev–Trinajstić information content (AvgIpc) is 2.90. The van der Waals surface area contributed by atoms with E-state index in [9.17, 15) is 4.79 Å². The smallest absolute Gasteiger partial charge is 0.175 e. The first-order chi connectivity index (χ1) is 8.31. The molecule has 1 fully saturated rings. The van der Waals surface area contributed by atoms with Crippen molar-refractivity contribution in [2.24, 2.45) is 5.92 Å². The summed E-state index contributed by atoms with van der Waals surface area (Å²) in [5, 5.41) is 8.86. The Bertz CT molecular complexity index is 444. The second-order valence-electron chi connectivity index (χ2n) is 3.92. The molecule has 1 aromatic rings. The van der Waals surface area contributed by atoms with Gasteiger partial charge < -0.3 is 9.47 Å². The van der Waals surface area contributed by atoms with Gasteiger partial charge in [0, 0.05) is 12.5 Å². The summed E-state index contributed by atoms with van der Waals surface area (Å²) in [4.78, 5) is 11.7. The first-order valence-corrected chi connectivity index (χ1v) is 5.53. The molecule has 17 heavy (non-hydrogen) atoms. The normalized spacial score (nSPS) is 18.6. The van der Waals surface area contributed by atoms with Gasteiger partial charge in [-0.05, 0) is 18.6 Å². The Morgan fingerprint density at radius 3 is 3.06 bits per heavy atom. The van der Waals surface area contributed by atoms with Gasteiger partial charge in [0.2, 0.25) is 0 Å². The third kappa shape index (κ3) is 2.83. The van der Waals surface area contributed by atoms with E-state index in [2.05, 4.69) is 0 Å². The second-order valence-corrected chi connectivity index (χ2v) is 3.92. The van der Waals surface area contributed by atoms with E-state index in [1.807, 2.05) is 6.07 Å². The highest BCUT2D eigenvalue weighted by Gasteiger charge is 2.23. The van der Waals surface area contributed by atoms with E-state index in [-0.39, 0.29) is 18.3 Å². The van der Waals surface area contributed by atoms with E-state index < -0.39 is 0 Å². The number of nitriles is 1. The zero-order valence-corrected chi connectivity index (χ0v) is 9.39. The minimum Gasteiger partial charge on any atom is -0.484 e. The fraction of sp³-hybridized carbons (Fsp3) is 0.385. The van der Waals surface area contributed by atoms with Crippen molar-refractivity contribution in [3.8, 4) is 11.8 Å². The van der Waals surface area contributed by atoms with Crippen molar-refractivity contribution in [2.45, 2.75) is 6.42 Å². The molecule has 0 radical (unpaired) electrons. The van der Waals surface area contributed by atoms with Gasteiger partial charge >= 0.3 is 0 Å². The van der Waals surface area contributed by atoms with Gasteiger partial charge in [0.1, 0.15) is 18.4 Å². The molecule has 88 valence electrons. The molecule has 4 nitrogen and oxygen atoms in total. The molecule has 1 aromatic carbocycles. The van der Waals surface area contributed by atoms with Crippen LogP contribution in [0.3, 0.4) is 0 Å². The lowest BCUT2D eigenvalue weighted by Crippen LogP contribution is -2.21. The molecule has 1 aliphatic heterocycles. The standard InChI is InChI=1S/C13H13NO3/c14-7-10-3-1-2-4-13(10)17-9-12(15)11-5-6-16-8-11/h1-4,11H,5-6,8-9H2. The van der Waals surface area contributed by atoms with Crippen LogP contribution in [0.5, 0.6) is 5.75 Å². The summed E-state index contributed by atoms with van der Waals surface area (Å²) in [5.41, 5.74) is 0.447. The molecule has 1 atom stereocenters. The van der Waals surface area contributed by atoms with E-state index in [0.29, 0.717) is 24.5 Å². The number of ketones is 1. The minimum atomic E-state index is -0.0516. The average molecular weight is 231 g/mol. The summed E-state index contributed by atoms with van der Waals surface area (Å²) < 4.78 is 10.5. The number of hydrogen-bond donors (Lipinski definition) is 0. The highest BCUT2D eigenvalue weighted by molar-refractivity contribution is 5.82. The monoisotopic (exact) mass is 231 g/mol. The summed E-state index contributed by atoms with van der Waals surface area (Å²) >= 11 is 0. The molecule has 0 aromatic heterocycles. The fourth-order valence-electron chi connectivity index (χ4n) is 1.74. The van der Waals surface area contributed by atoms with Crippen LogP contribution in [-0.2, 0) is 9.53 Å². The highest BCUT2D eigenvalue weighted by atomic mass is 16.5. The molecule has 0 spiro atoms. The number of carbonyl (C=O) groups excluding carboxylic acids is 1. The largest absolute Gasteiger partial charge is 0.484 e. The molecule has 1 saturated heterocycles. The summed E-state index contributed by atoms with van der Waals surface area (Å²) in [6.07, 6.45) is 0.766. The Morgan fingerprint density at radius 2 is 2.35 bits per heavy atom. The maximum absolute atomic E-state index is 11.7. The lowest BCUT2D eigenvalue weighted by Gasteiger charge is -2.09. The molecule has 1 heterocycles. The molecule has 0 aliphatic carbocycles. The van der Waals surface area contributed by atoms with Gasteiger partial charge in [-0.2, -0.15) is 5.26 Å². The van der Waals surface area contributed by atoms with Crippen LogP contribution in [0.1, 0.15) is 12.0 Å². The summed E-state index contributed by atoms with van der Waals surface area (Å²) in [7, 11) is 0. The minimum absolute atomic E-state index is 0.00667.